The first kappa shape index (κ1) is 17.6. The zero-order valence-electron chi connectivity index (χ0n) is 14.0. The van der Waals surface area contributed by atoms with Crippen LogP contribution >= 0.6 is 22.9 Å². The molecule has 138 valence electrons. The van der Waals surface area contributed by atoms with Crippen molar-refractivity contribution in [1.82, 2.24) is 4.98 Å². The second-order valence-electron chi connectivity index (χ2n) is 5.64. The Morgan fingerprint density at radius 1 is 1.11 bits per heavy atom. The summed E-state index contributed by atoms with van der Waals surface area (Å²) in [5.41, 5.74) is 0.639. The van der Waals surface area contributed by atoms with Gasteiger partial charge in [-0.1, -0.05) is 11.6 Å². The van der Waals surface area contributed by atoms with Crippen molar-refractivity contribution in [2.75, 3.05) is 6.79 Å². The third kappa shape index (κ3) is 4.50. The molecule has 0 N–H and O–H groups in total. The fraction of sp³-hybridized carbons (Fsp3) is 0.158. The van der Waals surface area contributed by atoms with Gasteiger partial charge in [-0.2, -0.15) is 0 Å². The Hall–Kier alpha value is -2.77. The van der Waals surface area contributed by atoms with Crippen molar-refractivity contribution in [3.63, 3.8) is 0 Å². The first-order valence-corrected chi connectivity index (χ1v) is 9.33. The molecule has 0 unspecified atom stereocenters. The lowest BCUT2D eigenvalue weighted by molar-refractivity contribution is -0.133. The molecule has 0 aliphatic carbocycles. The monoisotopic (exact) mass is 403 g/mol. The van der Waals surface area contributed by atoms with Crippen molar-refractivity contribution in [2.45, 2.75) is 13.0 Å². The van der Waals surface area contributed by atoms with E-state index in [-0.39, 0.29) is 13.2 Å². The van der Waals surface area contributed by atoms with E-state index in [1.54, 1.807) is 42.5 Å². The molecular weight excluding hydrogens is 390 g/mol. The number of ether oxygens (including phenoxy) is 4. The molecule has 8 heteroatoms. The van der Waals surface area contributed by atoms with E-state index in [4.69, 9.17) is 30.5 Å². The summed E-state index contributed by atoms with van der Waals surface area (Å²) in [4.78, 5) is 16.5. The zero-order valence-corrected chi connectivity index (χ0v) is 15.6. The summed E-state index contributed by atoms with van der Waals surface area (Å²) in [5, 5.41) is 3.25. The molecule has 0 saturated carbocycles. The van der Waals surface area contributed by atoms with Gasteiger partial charge in [0.2, 0.25) is 6.79 Å². The molecule has 0 saturated heterocycles. The molecule has 4 rings (SSSR count). The lowest BCUT2D eigenvalue weighted by Gasteiger charge is -2.04. The molecule has 0 spiro atoms. The summed E-state index contributed by atoms with van der Waals surface area (Å²) in [5.74, 6) is 1.92. The standard InChI is InChI=1S/C19H14ClNO5S/c20-12-1-3-14(4-2-12)23-9-18-21-13(10-27-18)7-19(22)26-15-5-6-16-17(8-15)25-11-24-16/h1-6,8,10H,7,9,11H2. The van der Waals surface area contributed by atoms with E-state index in [9.17, 15) is 4.79 Å². The van der Waals surface area contributed by atoms with Crippen LogP contribution in [0.1, 0.15) is 10.7 Å². The number of hydrogen-bond donors (Lipinski definition) is 0. The van der Waals surface area contributed by atoms with Crippen LogP contribution in [0, 0.1) is 0 Å². The molecule has 27 heavy (non-hydrogen) atoms. The Kier molecular flexibility index (Phi) is 5.13. The number of fused-ring (bicyclic) bond motifs is 1. The van der Waals surface area contributed by atoms with Crippen molar-refractivity contribution in [3.8, 4) is 23.0 Å². The molecule has 1 aromatic heterocycles. The van der Waals surface area contributed by atoms with Crippen LogP contribution < -0.4 is 18.9 Å². The smallest absolute Gasteiger partial charge is 0.317 e. The molecule has 1 aliphatic heterocycles. The molecule has 2 aromatic carbocycles. The van der Waals surface area contributed by atoms with Crippen molar-refractivity contribution < 1.29 is 23.7 Å². The molecule has 0 fully saturated rings. The fourth-order valence-corrected chi connectivity index (χ4v) is 3.26. The summed E-state index contributed by atoms with van der Waals surface area (Å²) in [6, 6.07) is 12.1. The first-order valence-electron chi connectivity index (χ1n) is 8.08. The van der Waals surface area contributed by atoms with Gasteiger partial charge < -0.3 is 18.9 Å². The summed E-state index contributed by atoms with van der Waals surface area (Å²) >= 11 is 7.27. The maximum absolute atomic E-state index is 12.1. The van der Waals surface area contributed by atoms with E-state index in [0.717, 1.165) is 5.01 Å². The maximum Gasteiger partial charge on any atom is 0.317 e. The molecular formula is C19H14ClNO5S. The van der Waals surface area contributed by atoms with Crippen molar-refractivity contribution in [1.29, 1.82) is 0 Å². The second kappa shape index (κ2) is 7.85. The van der Waals surface area contributed by atoms with E-state index in [1.807, 2.05) is 5.38 Å². The second-order valence-corrected chi connectivity index (χ2v) is 7.02. The number of nitrogens with zero attached hydrogens (tertiary/aromatic N) is 1. The molecule has 0 bridgehead atoms. The van der Waals surface area contributed by atoms with E-state index in [1.165, 1.54) is 11.3 Å². The third-order valence-electron chi connectivity index (χ3n) is 3.68. The Morgan fingerprint density at radius 2 is 1.89 bits per heavy atom. The Balaban J connectivity index is 1.30. The number of carbonyl (C=O) groups is 1. The molecule has 2 heterocycles. The number of carbonyl (C=O) groups excluding carboxylic acids is 1. The molecule has 6 nitrogen and oxygen atoms in total. The van der Waals surface area contributed by atoms with Gasteiger partial charge in [0.05, 0.1) is 12.1 Å². The van der Waals surface area contributed by atoms with Crippen LogP contribution in [-0.4, -0.2) is 17.7 Å². The van der Waals surface area contributed by atoms with Gasteiger partial charge in [0.15, 0.2) is 11.5 Å². The first-order chi connectivity index (χ1) is 13.2. The van der Waals surface area contributed by atoms with E-state index in [0.29, 0.717) is 40.3 Å². The normalized spacial score (nSPS) is 12.0. The highest BCUT2D eigenvalue weighted by molar-refractivity contribution is 7.09. The fourth-order valence-electron chi connectivity index (χ4n) is 2.43. The van der Waals surface area contributed by atoms with Crippen LogP contribution in [0.5, 0.6) is 23.0 Å². The average molecular weight is 404 g/mol. The van der Waals surface area contributed by atoms with Crippen LogP contribution in [0.25, 0.3) is 0 Å². The third-order valence-corrected chi connectivity index (χ3v) is 4.80. The topological polar surface area (TPSA) is 66.9 Å². The van der Waals surface area contributed by atoms with Crippen molar-refractivity contribution in [2.24, 2.45) is 0 Å². The predicted molar refractivity (Wildman–Crippen MR) is 99.8 cm³/mol. The molecule has 0 atom stereocenters. The number of aromatic nitrogens is 1. The minimum absolute atomic E-state index is 0.0753. The van der Waals surface area contributed by atoms with Crippen LogP contribution in [0.4, 0.5) is 0 Å². The minimum atomic E-state index is -0.399. The van der Waals surface area contributed by atoms with Gasteiger partial charge in [-0.3, -0.25) is 4.79 Å². The summed E-state index contributed by atoms with van der Waals surface area (Å²) in [7, 11) is 0. The number of rotatable bonds is 6. The SMILES string of the molecule is O=C(Cc1csc(COc2ccc(Cl)cc2)n1)Oc1ccc2c(c1)OCO2. The molecule has 0 amide bonds. The number of thiazole rings is 1. The lowest BCUT2D eigenvalue weighted by atomic mass is 10.3. The zero-order chi connectivity index (χ0) is 18.6. The van der Waals surface area contributed by atoms with E-state index in [2.05, 4.69) is 4.98 Å². The summed E-state index contributed by atoms with van der Waals surface area (Å²) in [6.07, 6.45) is 0.0753. The van der Waals surface area contributed by atoms with Gasteiger partial charge in [-0.25, -0.2) is 4.98 Å². The highest BCUT2D eigenvalue weighted by atomic mass is 35.5. The Morgan fingerprint density at radius 3 is 2.74 bits per heavy atom. The lowest BCUT2D eigenvalue weighted by Crippen LogP contribution is -2.11. The average Bonchev–Trinajstić information content (AvgIpc) is 3.30. The van der Waals surface area contributed by atoms with Crippen LogP contribution in [0.2, 0.25) is 5.02 Å². The number of halogens is 1. The number of benzene rings is 2. The maximum atomic E-state index is 12.1. The highest BCUT2D eigenvalue weighted by Crippen LogP contribution is 2.35. The Labute approximate surface area is 164 Å². The Bertz CT molecular complexity index is 957. The van der Waals surface area contributed by atoms with E-state index >= 15 is 0 Å². The van der Waals surface area contributed by atoms with Gasteiger partial charge in [-0.15, -0.1) is 11.3 Å². The van der Waals surface area contributed by atoms with Gasteiger partial charge >= 0.3 is 5.97 Å². The predicted octanol–water partition coefficient (Wildman–Crippen LogP) is 4.25. The summed E-state index contributed by atoms with van der Waals surface area (Å²) < 4.78 is 21.5. The number of esters is 1. The van der Waals surface area contributed by atoms with Gasteiger partial charge in [0, 0.05) is 16.5 Å². The van der Waals surface area contributed by atoms with Gasteiger partial charge in [-0.05, 0) is 36.4 Å². The number of hydrogen-bond acceptors (Lipinski definition) is 7. The molecule has 3 aromatic rings. The summed E-state index contributed by atoms with van der Waals surface area (Å²) in [6.45, 7) is 0.496. The largest absolute Gasteiger partial charge is 0.486 e. The van der Waals surface area contributed by atoms with Gasteiger partial charge in [0.1, 0.15) is 23.1 Å². The minimum Gasteiger partial charge on any atom is -0.486 e. The van der Waals surface area contributed by atoms with Crippen molar-refractivity contribution >= 4 is 28.9 Å². The molecule has 1 aliphatic rings. The van der Waals surface area contributed by atoms with Crippen LogP contribution in [0.15, 0.2) is 47.8 Å². The molecule has 0 radical (unpaired) electrons. The van der Waals surface area contributed by atoms with Crippen molar-refractivity contribution in [3.05, 3.63) is 63.6 Å². The van der Waals surface area contributed by atoms with E-state index < -0.39 is 5.97 Å². The van der Waals surface area contributed by atoms with Crippen LogP contribution in [-0.2, 0) is 17.8 Å². The highest BCUT2D eigenvalue weighted by Gasteiger charge is 2.16. The van der Waals surface area contributed by atoms with Crippen LogP contribution in [0.3, 0.4) is 0 Å². The quantitative estimate of drug-likeness (QED) is 0.452. The van der Waals surface area contributed by atoms with Gasteiger partial charge in [0.25, 0.3) is 0 Å².